The Bertz CT molecular complexity index is 3210. The molecule has 0 saturated heterocycles. The van der Waals surface area contributed by atoms with Gasteiger partial charge in [0, 0.05) is 33.5 Å². The molecule has 0 saturated carbocycles. The molecule has 278 valence electrons. The van der Waals surface area contributed by atoms with Crippen LogP contribution in [-0.4, -0.2) is 4.57 Å². The second-order valence-corrected chi connectivity index (χ2v) is 15.1. The smallest absolute Gasteiger partial charge is 0.0714 e. The largest absolute Gasteiger partial charge is 0.310 e. The molecular weight excluding hydrogens is 713 g/mol. The number of nitrogens with zero attached hydrogens (tertiary/aromatic N) is 2. The minimum absolute atomic E-state index is 0.176. The minimum Gasteiger partial charge on any atom is -0.310 e. The first-order valence-corrected chi connectivity index (χ1v) is 20.2. The van der Waals surface area contributed by atoms with Crippen molar-refractivity contribution in [2.45, 2.75) is 5.41 Å². The van der Waals surface area contributed by atoms with E-state index in [1.807, 2.05) is 30.3 Å². The van der Waals surface area contributed by atoms with E-state index < -0.39 is 5.41 Å². The second-order valence-electron chi connectivity index (χ2n) is 15.1. The van der Waals surface area contributed by atoms with E-state index in [-0.39, 0.29) is 12.1 Å². The van der Waals surface area contributed by atoms with Gasteiger partial charge in [0.05, 0.1) is 19.2 Å². The Morgan fingerprint density at radius 1 is 0.390 bits per heavy atom. The maximum atomic E-state index is 9.30. The standard InChI is InChI=1S/C57H40N2/c1-5-17-43(18-6-1)57(44-19-7-2-8-20-44)53-27-15-13-25-49(53)50-37-36-48(40-54(50)57)58(45-21-9-3-10-22-45)47-34-31-41(32-35-47)29-30-42-33-38-56-52(39-42)51-26-14-16-28-55(51)59(56)46-23-11-4-12-24-46/h1-40H/b30-29+/i29D,30D. The molecule has 0 atom stereocenters. The summed E-state index contributed by atoms with van der Waals surface area (Å²) in [5, 5.41) is 2.18. The van der Waals surface area contributed by atoms with Gasteiger partial charge in [0.15, 0.2) is 0 Å². The fraction of sp³-hybridized carbons (Fsp3) is 0.0175. The van der Waals surface area contributed by atoms with Crippen molar-refractivity contribution in [1.82, 2.24) is 4.57 Å². The summed E-state index contributed by atoms with van der Waals surface area (Å²) in [5.41, 5.74) is 14.6. The zero-order valence-corrected chi connectivity index (χ0v) is 32.3. The molecule has 2 nitrogen and oxygen atoms in total. The molecule has 0 amide bonds. The van der Waals surface area contributed by atoms with Gasteiger partial charge >= 0.3 is 0 Å². The van der Waals surface area contributed by atoms with Crippen molar-refractivity contribution in [1.29, 1.82) is 0 Å². The molecule has 0 unspecified atom stereocenters. The summed E-state index contributed by atoms with van der Waals surface area (Å²) in [6, 6.07) is 81.3. The monoisotopic (exact) mass is 754 g/mol. The van der Waals surface area contributed by atoms with Crippen LogP contribution in [0, 0.1) is 0 Å². The van der Waals surface area contributed by atoms with Crippen molar-refractivity contribution in [3.05, 3.63) is 264 Å². The summed E-state index contributed by atoms with van der Waals surface area (Å²) in [7, 11) is 0. The molecule has 0 spiro atoms. The zero-order valence-electron chi connectivity index (χ0n) is 34.3. The third-order valence-electron chi connectivity index (χ3n) is 11.9. The molecule has 1 aliphatic rings. The quantitative estimate of drug-likeness (QED) is 0.140. The lowest BCUT2D eigenvalue weighted by atomic mass is 9.67. The van der Waals surface area contributed by atoms with E-state index >= 15 is 0 Å². The van der Waals surface area contributed by atoms with E-state index in [1.54, 1.807) is 0 Å². The van der Waals surface area contributed by atoms with Gasteiger partial charge in [-0.1, -0.05) is 176 Å². The van der Waals surface area contributed by atoms with Crippen LogP contribution in [0.3, 0.4) is 0 Å². The Morgan fingerprint density at radius 2 is 0.915 bits per heavy atom. The Balaban J connectivity index is 1.01. The molecular formula is C57H40N2. The van der Waals surface area contributed by atoms with Crippen LogP contribution in [0.25, 0.3) is 50.7 Å². The topological polar surface area (TPSA) is 8.17 Å². The van der Waals surface area contributed by atoms with Gasteiger partial charge in [-0.3, -0.25) is 0 Å². The maximum Gasteiger partial charge on any atom is 0.0714 e. The van der Waals surface area contributed by atoms with Crippen LogP contribution in [0.4, 0.5) is 17.1 Å². The van der Waals surface area contributed by atoms with Gasteiger partial charge in [-0.05, 0) is 111 Å². The summed E-state index contributed by atoms with van der Waals surface area (Å²) in [6.45, 7) is 0. The highest BCUT2D eigenvalue weighted by Crippen LogP contribution is 2.57. The van der Waals surface area contributed by atoms with Crippen LogP contribution in [0.1, 0.15) is 36.1 Å². The van der Waals surface area contributed by atoms with E-state index in [4.69, 9.17) is 0 Å². The molecule has 0 radical (unpaired) electrons. The number of benzene rings is 9. The molecule has 9 aromatic carbocycles. The first-order chi connectivity index (χ1) is 30.1. The van der Waals surface area contributed by atoms with Gasteiger partial charge in [-0.25, -0.2) is 0 Å². The zero-order chi connectivity index (χ0) is 40.9. The predicted molar refractivity (Wildman–Crippen MR) is 248 cm³/mol. The van der Waals surface area contributed by atoms with Crippen molar-refractivity contribution in [2.24, 2.45) is 0 Å². The lowest BCUT2D eigenvalue weighted by Crippen LogP contribution is -2.28. The average molecular weight is 755 g/mol. The minimum atomic E-state index is -0.522. The second kappa shape index (κ2) is 14.4. The molecule has 1 heterocycles. The van der Waals surface area contributed by atoms with E-state index in [2.05, 4.69) is 210 Å². The van der Waals surface area contributed by atoms with Crippen LogP contribution in [0.5, 0.6) is 0 Å². The Morgan fingerprint density at radius 3 is 1.64 bits per heavy atom. The van der Waals surface area contributed by atoms with E-state index in [9.17, 15) is 2.74 Å². The molecule has 11 rings (SSSR count). The van der Waals surface area contributed by atoms with Crippen LogP contribution in [-0.2, 0) is 5.41 Å². The Labute approximate surface area is 348 Å². The Kier molecular flexibility index (Phi) is 7.89. The number of hydrogen-bond donors (Lipinski definition) is 0. The molecule has 1 aromatic heterocycles. The van der Waals surface area contributed by atoms with Crippen molar-refractivity contribution >= 4 is 51.0 Å². The fourth-order valence-electron chi connectivity index (χ4n) is 9.34. The van der Waals surface area contributed by atoms with Gasteiger partial charge in [0.2, 0.25) is 0 Å². The third kappa shape index (κ3) is 5.72. The SMILES string of the molecule is [2H]/C(=C(/[2H])c1ccc2c(c1)c1ccccc1n2-c1ccccc1)c1ccc(N(c2ccccc2)c2ccc3c(c2)C(c2ccccc2)(c2ccccc2)c2ccccc2-3)cc1. The summed E-state index contributed by atoms with van der Waals surface area (Å²) < 4.78 is 20.9. The lowest BCUT2D eigenvalue weighted by molar-refractivity contribution is 0.768. The molecule has 0 bridgehead atoms. The molecule has 0 aliphatic heterocycles. The number of aromatic nitrogens is 1. The van der Waals surface area contributed by atoms with Gasteiger partial charge in [-0.15, -0.1) is 0 Å². The molecule has 0 fully saturated rings. The van der Waals surface area contributed by atoms with Gasteiger partial charge in [0.1, 0.15) is 0 Å². The molecule has 59 heavy (non-hydrogen) atoms. The molecule has 0 N–H and O–H groups in total. The van der Waals surface area contributed by atoms with Gasteiger partial charge in [0.25, 0.3) is 0 Å². The fourth-order valence-corrected chi connectivity index (χ4v) is 9.34. The highest BCUT2D eigenvalue weighted by Gasteiger charge is 2.46. The number of rotatable bonds is 8. The molecule has 10 aromatic rings. The summed E-state index contributed by atoms with van der Waals surface area (Å²) in [5.74, 6) is 0. The van der Waals surface area contributed by atoms with Crippen LogP contribution >= 0.6 is 0 Å². The summed E-state index contributed by atoms with van der Waals surface area (Å²) in [4.78, 5) is 2.29. The van der Waals surface area contributed by atoms with Crippen LogP contribution < -0.4 is 4.90 Å². The highest BCUT2D eigenvalue weighted by atomic mass is 15.1. The number of para-hydroxylation sites is 3. The van der Waals surface area contributed by atoms with E-state index in [0.29, 0.717) is 11.1 Å². The van der Waals surface area contributed by atoms with Crippen LogP contribution in [0.2, 0.25) is 0 Å². The maximum absolute atomic E-state index is 9.30. The average Bonchev–Trinajstić information content (AvgIpc) is 3.83. The van der Waals surface area contributed by atoms with E-state index in [0.717, 1.165) is 44.6 Å². The van der Waals surface area contributed by atoms with Crippen molar-refractivity contribution in [3.63, 3.8) is 0 Å². The first kappa shape index (κ1) is 32.4. The van der Waals surface area contributed by atoms with Crippen molar-refractivity contribution in [2.75, 3.05) is 4.90 Å². The normalized spacial score (nSPS) is 13.6. The highest BCUT2D eigenvalue weighted by molar-refractivity contribution is 6.10. The van der Waals surface area contributed by atoms with Crippen molar-refractivity contribution < 1.29 is 2.74 Å². The molecule has 2 heteroatoms. The first-order valence-electron chi connectivity index (χ1n) is 21.2. The predicted octanol–water partition coefficient (Wildman–Crippen LogP) is 14.8. The summed E-state index contributed by atoms with van der Waals surface area (Å²) in [6.07, 6.45) is 0. The summed E-state index contributed by atoms with van der Waals surface area (Å²) >= 11 is 0. The third-order valence-corrected chi connectivity index (χ3v) is 11.9. The number of hydrogen-bond acceptors (Lipinski definition) is 1. The van der Waals surface area contributed by atoms with Crippen LogP contribution in [0.15, 0.2) is 231 Å². The van der Waals surface area contributed by atoms with Gasteiger partial charge < -0.3 is 9.47 Å². The van der Waals surface area contributed by atoms with Crippen molar-refractivity contribution in [3.8, 4) is 16.8 Å². The number of fused-ring (bicyclic) bond motifs is 6. The Hall–Kier alpha value is -7.68. The lowest BCUT2D eigenvalue weighted by Gasteiger charge is -2.35. The van der Waals surface area contributed by atoms with Gasteiger partial charge in [-0.2, -0.15) is 0 Å². The van der Waals surface area contributed by atoms with E-state index in [1.165, 1.54) is 33.4 Å². The number of anilines is 3. The molecule has 1 aliphatic carbocycles.